The van der Waals surface area contributed by atoms with E-state index in [1.54, 1.807) is 48.5 Å². The number of halogens is 1. The summed E-state index contributed by atoms with van der Waals surface area (Å²) in [5.74, 6) is 0.323. The Labute approximate surface area is 197 Å². The van der Waals surface area contributed by atoms with Gasteiger partial charge in [-0.25, -0.2) is 5.43 Å². The Morgan fingerprint density at radius 3 is 2.30 bits per heavy atom. The van der Waals surface area contributed by atoms with Crippen molar-refractivity contribution in [1.82, 2.24) is 5.43 Å². The van der Waals surface area contributed by atoms with Crippen molar-refractivity contribution in [2.45, 2.75) is 13.8 Å². The monoisotopic (exact) mass is 465 g/mol. The summed E-state index contributed by atoms with van der Waals surface area (Å²) in [4.78, 5) is 24.0. The summed E-state index contributed by atoms with van der Waals surface area (Å²) in [6, 6.07) is 19.5. The van der Waals surface area contributed by atoms with E-state index in [0.717, 1.165) is 16.8 Å². The highest BCUT2D eigenvalue weighted by Gasteiger charge is 2.06. The fourth-order valence-electron chi connectivity index (χ4n) is 2.77. The molecule has 0 radical (unpaired) electrons. The number of benzene rings is 3. The van der Waals surface area contributed by atoms with Crippen LogP contribution in [-0.4, -0.2) is 31.2 Å². The fourth-order valence-corrected chi connectivity index (χ4v) is 2.95. The van der Waals surface area contributed by atoms with Crippen LogP contribution in [0.4, 0.5) is 5.69 Å². The molecule has 0 aliphatic rings. The number of hydrogen-bond donors (Lipinski definition) is 2. The molecule has 0 fully saturated rings. The quantitative estimate of drug-likeness (QED) is 0.359. The van der Waals surface area contributed by atoms with Crippen molar-refractivity contribution in [3.8, 4) is 11.5 Å². The van der Waals surface area contributed by atoms with Crippen LogP contribution in [0.15, 0.2) is 71.8 Å². The molecule has 0 aliphatic heterocycles. The summed E-state index contributed by atoms with van der Waals surface area (Å²) < 4.78 is 10.9. The van der Waals surface area contributed by atoms with Crippen molar-refractivity contribution in [2.75, 3.05) is 18.5 Å². The number of carbonyl (C=O) groups excluding carboxylic acids is 2. The average Bonchev–Trinajstić information content (AvgIpc) is 2.79. The molecular weight excluding hydrogens is 442 g/mol. The Bertz CT molecular complexity index is 1160. The molecule has 0 unspecified atom stereocenters. The van der Waals surface area contributed by atoms with Crippen molar-refractivity contribution < 1.29 is 19.1 Å². The van der Waals surface area contributed by atoms with Gasteiger partial charge in [0.15, 0.2) is 13.2 Å². The molecule has 0 bridgehead atoms. The number of nitrogens with one attached hydrogen (secondary N) is 2. The summed E-state index contributed by atoms with van der Waals surface area (Å²) in [6.45, 7) is 3.67. The van der Waals surface area contributed by atoms with Crippen LogP contribution >= 0.6 is 11.6 Å². The smallest absolute Gasteiger partial charge is 0.277 e. The molecular formula is C25H24ClN3O4. The third kappa shape index (κ3) is 7.97. The van der Waals surface area contributed by atoms with E-state index in [4.69, 9.17) is 21.1 Å². The molecule has 3 rings (SSSR count). The zero-order valence-electron chi connectivity index (χ0n) is 18.3. The molecule has 8 heteroatoms. The SMILES string of the molecule is Cc1ccc(NC(=O)COc2cccc(/C=N/NC(=O)COc3cccc(Cl)c3)c2)cc1C. The Balaban J connectivity index is 1.44. The Hall–Kier alpha value is -3.84. The van der Waals surface area contributed by atoms with Crippen LogP contribution in [0.1, 0.15) is 16.7 Å². The minimum Gasteiger partial charge on any atom is -0.484 e. The molecule has 0 aliphatic carbocycles. The number of carbonyl (C=O) groups is 2. The van der Waals surface area contributed by atoms with E-state index in [9.17, 15) is 9.59 Å². The first kappa shape index (κ1) is 23.8. The molecule has 0 saturated heterocycles. The van der Waals surface area contributed by atoms with Crippen LogP contribution in [0, 0.1) is 13.8 Å². The first-order valence-corrected chi connectivity index (χ1v) is 10.6. The number of aryl methyl sites for hydroxylation is 2. The maximum atomic E-state index is 12.2. The van der Waals surface area contributed by atoms with Gasteiger partial charge in [0.1, 0.15) is 11.5 Å². The summed E-state index contributed by atoms with van der Waals surface area (Å²) in [7, 11) is 0. The molecule has 0 atom stereocenters. The molecule has 0 spiro atoms. The van der Waals surface area contributed by atoms with E-state index in [2.05, 4.69) is 15.8 Å². The first-order chi connectivity index (χ1) is 15.9. The fraction of sp³-hybridized carbons (Fsp3) is 0.160. The third-order valence-electron chi connectivity index (χ3n) is 4.59. The van der Waals surface area contributed by atoms with Crippen molar-refractivity contribution in [1.29, 1.82) is 0 Å². The lowest BCUT2D eigenvalue weighted by molar-refractivity contribution is -0.123. The Morgan fingerprint density at radius 1 is 0.879 bits per heavy atom. The lowest BCUT2D eigenvalue weighted by Gasteiger charge is -2.09. The number of hydrazone groups is 1. The second-order valence-electron chi connectivity index (χ2n) is 7.25. The number of anilines is 1. The maximum absolute atomic E-state index is 12.2. The standard InChI is InChI=1S/C25H24ClN3O4/c1-17-9-10-21(11-18(17)2)28-24(30)15-32-22-7-3-5-19(12-22)14-27-29-25(31)16-33-23-8-4-6-20(26)13-23/h3-14H,15-16H2,1-2H3,(H,28,30)(H,29,31)/b27-14+. The first-order valence-electron chi connectivity index (χ1n) is 10.2. The predicted octanol–water partition coefficient (Wildman–Crippen LogP) is 4.50. The summed E-state index contributed by atoms with van der Waals surface area (Å²) in [6.07, 6.45) is 1.47. The van der Waals surface area contributed by atoms with Crippen molar-refractivity contribution >= 4 is 35.3 Å². The molecule has 0 saturated carbocycles. The Morgan fingerprint density at radius 2 is 1.58 bits per heavy atom. The number of nitrogens with zero attached hydrogens (tertiary/aromatic N) is 1. The number of amides is 2. The summed E-state index contributed by atoms with van der Waals surface area (Å²) in [5, 5.41) is 7.25. The van der Waals surface area contributed by atoms with E-state index >= 15 is 0 Å². The highest BCUT2D eigenvalue weighted by molar-refractivity contribution is 6.30. The van der Waals surface area contributed by atoms with Gasteiger partial charge in [0.2, 0.25) is 0 Å². The molecule has 0 aromatic heterocycles. The van der Waals surface area contributed by atoms with Crippen LogP contribution in [0.2, 0.25) is 5.02 Å². The maximum Gasteiger partial charge on any atom is 0.277 e. The van der Waals surface area contributed by atoms with E-state index in [1.165, 1.54) is 6.21 Å². The molecule has 170 valence electrons. The molecule has 2 N–H and O–H groups in total. The Kier molecular flexibility index (Phi) is 8.43. The molecule has 33 heavy (non-hydrogen) atoms. The highest BCUT2D eigenvalue weighted by Crippen LogP contribution is 2.17. The van der Waals surface area contributed by atoms with Gasteiger partial charge in [0, 0.05) is 10.7 Å². The van der Waals surface area contributed by atoms with E-state index < -0.39 is 5.91 Å². The van der Waals surface area contributed by atoms with Gasteiger partial charge in [0.05, 0.1) is 6.21 Å². The average molecular weight is 466 g/mol. The number of ether oxygens (including phenoxy) is 2. The normalized spacial score (nSPS) is 10.6. The minimum atomic E-state index is -0.415. The third-order valence-corrected chi connectivity index (χ3v) is 4.82. The molecule has 3 aromatic carbocycles. The van der Waals surface area contributed by atoms with Gasteiger partial charge in [-0.15, -0.1) is 0 Å². The van der Waals surface area contributed by atoms with Gasteiger partial charge in [-0.05, 0) is 73.0 Å². The zero-order chi connectivity index (χ0) is 23.6. The van der Waals surface area contributed by atoms with Gasteiger partial charge in [-0.2, -0.15) is 5.10 Å². The van der Waals surface area contributed by atoms with Crippen LogP contribution in [0.5, 0.6) is 11.5 Å². The molecule has 0 heterocycles. The van der Waals surface area contributed by atoms with Crippen molar-refractivity contribution in [2.24, 2.45) is 5.10 Å². The zero-order valence-corrected chi connectivity index (χ0v) is 19.1. The second-order valence-corrected chi connectivity index (χ2v) is 7.68. The van der Waals surface area contributed by atoms with Crippen LogP contribution in [-0.2, 0) is 9.59 Å². The second kappa shape index (κ2) is 11.7. The number of hydrogen-bond acceptors (Lipinski definition) is 5. The molecule has 2 amide bonds. The van der Waals surface area contributed by atoms with Gasteiger partial charge in [-0.1, -0.05) is 35.9 Å². The van der Waals surface area contributed by atoms with Gasteiger partial charge >= 0.3 is 0 Å². The largest absolute Gasteiger partial charge is 0.484 e. The summed E-state index contributed by atoms with van der Waals surface area (Å²) >= 11 is 5.87. The van der Waals surface area contributed by atoms with Gasteiger partial charge in [-0.3, -0.25) is 9.59 Å². The van der Waals surface area contributed by atoms with Crippen LogP contribution in [0.3, 0.4) is 0 Å². The van der Waals surface area contributed by atoms with E-state index in [0.29, 0.717) is 22.1 Å². The lowest BCUT2D eigenvalue weighted by atomic mass is 10.1. The van der Waals surface area contributed by atoms with Gasteiger partial charge < -0.3 is 14.8 Å². The summed E-state index contributed by atoms with van der Waals surface area (Å²) in [5.41, 5.74) is 6.07. The molecule has 7 nitrogen and oxygen atoms in total. The van der Waals surface area contributed by atoms with Crippen LogP contribution < -0.4 is 20.2 Å². The topological polar surface area (TPSA) is 89.0 Å². The van der Waals surface area contributed by atoms with Crippen molar-refractivity contribution in [3.63, 3.8) is 0 Å². The minimum absolute atomic E-state index is 0.134. The van der Waals surface area contributed by atoms with E-state index in [1.807, 2.05) is 32.0 Å². The van der Waals surface area contributed by atoms with Crippen LogP contribution in [0.25, 0.3) is 0 Å². The molecule has 3 aromatic rings. The predicted molar refractivity (Wildman–Crippen MR) is 129 cm³/mol. The highest BCUT2D eigenvalue weighted by atomic mass is 35.5. The van der Waals surface area contributed by atoms with E-state index in [-0.39, 0.29) is 19.1 Å². The lowest BCUT2D eigenvalue weighted by Crippen LogP contribution is -2.24. The van der Waals surface area contributed by atoms with Gasteiger partial charge in [0.25, 0.3) is 11.8 Å². The van der Waals surface area contributed by atoms with Crippen molar-refractivity contribution in [3.05, 3.63) is 88.4 Å². The number of rotatable bonds is 9.